The lowest BCUT2D eigenvalue weighted by Crippen LogP contribution is -2.28. The maximum absolute atomic E-state index is 12.7. The van der Waals surface area contributed by atoms with Crippen molar-refractivity contribution in [3.8, 4) is 0 Å². The van der Waals surface area contributed by atoms with Crippen molar-refractivity contribution in [2.75, 3.05) is 37.5 Å². The van der Waals surface area contributed by atoms with E-state index in [0.717, 1.165) is 36.1 Å². The Morgan fingerprint density at radius 1 is 1.26 bits per heavy atom. The molecule has 6 nitrogen and oxygen atoms in total. The van der Waals surface area contributed by atoms with Gasteiger partial charge in [0, 0.05) is 30.9 Å². The van der Waals surface area contributed by atoms with E-state index in [2.05, 4.69) is 41.1 Å². The van der Waals surface area contributed by atoms with Gasteiger partial charge in [-0.2, -0.15) is 0 Å². The van der Waals surface area contributed by atoms with Crippen LogP contribution < -0.4 is 5.32 Å². The second kappa shape index (κ2) is 6.63. The summed E-state index contributed by atoms with van der Waals surface area (Å²) in [6.45, 7) is 1.85. The minimum absolute atomic E-state index is 0.0278. The number of rotatable bonds is 5. The quantitative estimate of drug-likeness (QED) is 0.852. The molecule has 1 aliphatic heterocycles. The first-order valence-electron chi connectivity index (χ1n) is 9.53. The molecule has 2 heterocycles. The summed E-state index contributed by atoms with van der Waals surface area (Å²) < 4.78 is 25.5. The average Bonchev–Trinajstić information content (AvgIpc) is 3.19. The van der Waals surface area contributed by atoms with E-state index in [1.54, 1.807) is 0 Å². The van der Waals surface area contributed by atoms with Gasteiger partial charge in [-0.15, -0.1) is 0 Å². The van der Waals surface area contributed by atoms with Gasteiger partial charge in [0.2, 0.25) is 5.91 Å². The third-order valence-corrected chi connectivity index (χ3v) is 7.81. The lowest BCUT2D eigenvalue weighted by Gasteiger charge is -2.22. The second-order valence-corrected chi connectivity index (χ2v) is 10.6. The summed E-state index contributed by atoms with van der Waals surface area (Å²) in [5.41, 5.74) is 1.84. The third-order valence-electron chi connectivity index (χ3n) is 6.16. The number of nitrogens with zero attached hydrogens (tertiary/aromatic N) is 2. The van der Waals surface area contributed by atoms with Gasteiger partial charge in [-0.3, -0.25) is 4.79 Å². The molecule has 2 fully saturated rings. The van der Waals surface area contributed by atoms with E-state index in [-0.39, 0.29) is 28.7 Å². The number of carbonyl (C=O) groups excluding carboxylic acids is 1. The van der Waals surface area contributed by atoms with Crippen LogP contribution in [0.15, 0.2) is 30.5 Å². The Balaban J connectivity index is 1.44. The molecule has 2 aliphatic rings. The molecule has 1 unspecified atom stereocenters. The summed E-state index contributed by atoms with van der Waals surface area (Å²) in [6.07, 6.45) is 4.15. The number of aromatic nitrogens is 1. The number of sulfone groups is 1. The van der Waals surface area contributed by atoms with Gasteiger partial charge in [0.1, 0.15) is 9.84 Å². The number of hydrogen-bond donors (Lipinski definition) is 1. The van der Waals surface area contributed by atoms with E-state index in [1.807, 2.05) is 18.2 Å². The smallest absolute Gasteiger partial charge is 0.228 e. The number of nitrogens with one attached hydrogen (secondary N) is 1. The van der Waals surface area contributed by atoms with Crippen molar-refractivity contribution in [1.82, 2.24) is 9.47 Å². The number of benzene rings is 1. The summed E-state index contributed by atoms with van der Waals surface area (Å²) in [6, 6.07) is 8.10. The molecule has 1 aromatic heterocycles. The highest BCUT2D eigenvalue weighted by Gasteiger charge is 2.59. The lowest BCUT2D eigenvalue weighted by molar-refractivity contribution is -0.118. The molecule has 1 atom stereocenters. The lowest BCUT2D eigenvalue weighted by atomic mass is 9.96. The molecule has 146 valence electrons. The molecule has 2 aromatic rings. The Morgan fingerprint density at radius 2 is 2.00 bits per heavy atom. The Bertz CT molecular complexity index is 964. The summed E-state index contributed by atoms with van der Waals surface area (Å²) >= 11 is 0. The van der Waals surface area contributed by atoms with Crippen molar-refractivity contribution in [3.63, 3.8) is 0 Å². The maximum atomic E-state index is 12.7. The number of hydrogen-bond acceptors (Lipinski definition) is 4. The van der Waals surface area contributed by atoms with Crippen LogP contribution in [0.4, 0.5) is 5.69 Å². The van der Waals surface area contributed by atoms with E-state index >= 15 is 0 Å². The molecule has 1 aliphatic carbocycles. The molecule has 1 spiro atoms. The van der Waals surface area contributed by atoms with Crippen LogP contribution in [-0.4, -0.2) is 55.9 Å². The highest BCUT2D eigenvalue weighted by Crippen LogP contribution is 2.60. The normalized spacial score (nSPS) is 23.0. The molecule has 1 N–H and O–H groups in total. The summed E-state index contributed by atoms with van der Waals surface area (Å²) in [5, 5.41) is 4.22. The van der Waals surface area contributed by atoms with Crippen molar-refractivity contribution in [2.45, 2.75) is 25.8 Å². The molecule has 1 saturated heterocycles. The second-order valence-electron chi connectivity index (χ2n) is 8.35. The number of amides is 1. The topological polar surface area (TPSA) is 71.4 Å². The molecule has 1 saturated carbocycles. The fourth-order valence-corrected chi connectivity index (χ4v) is 5.85. The van der Waals surface area contributed by atoms with Crippen LogP contribution in [0.25, 0.3) is 10.9 Å². The minimum Gasteiger partial charge on any atom is -0.346 e. The number of fused-ring (bicyclic) bond motifs is 1. The van der Waals surface area contributed by atoms with Gasteiger partial charge in [0.05, 0.1) is 17.0 Å². The van der Waals surface area contributed by atoms with Gasteiger partial charge in [0.15, 0.2) is 0 Å². The highest BCUT2D eigenvalue weighted by molar-refractivity contribution is 7.91. The number of likely N-dealkylation sites (N-methyl/N-ethyl adjacent to an activating group) is 1. The van der Waals surface area contributed by atoms with Gasteiger partial charge >= 0.3 is 0 Å². The van der Waals surface area contributed by atoms with Gasteiger partial charge in [-0.25, -0.2) is 8.42 Å². The zero-order chi connectivity index (χ0) is 19.2. The summed E-state index contributed by atoms with van der Waals surface area (Å²) in [7, 11) is 1.22. The van der Waals surface area contributed by atoms with E-state index in [1.165, 1.54) is 0 Å². The van der Waals surface area contributed by atoms with Crippen molar-refractivity contribution in [2.24, 2.45) is 11.3 Å². The summed E-state index contributed by atoms with van der Waals surface area (Å²) in [5.74, 6) is 0.425. The molecular formula is C20H27N3O3S. The molecule has 1 aromatic carbocycles. The van der Waals surface area contributed by atoms with Crippen molar-refractivity contribution in [1.29, 1.82) is 0 Å². The largest absolute Gasteiger partial charge is 0.346 e. The standard InChI is InChI=1S/C20H27N3O3S/c1-22(2)9-10-23-8-5-15-3-4-16(13-18(15)23)21-19(24)17-14-20(17)6-11-27(25,26)12-7-20/h3-5,8,13,17H,6-7,9-12,14H2,1-2H3,(H,21,24). The molecular weight excluding hydrogens is 362 g/mol. The molecule has 7 heteroatoms. The number of carbonyl (C=O) groups is 1. The summed E-state index contributed by atoms with van der Waals surface area (Å²) in [4.78, 5) is 14.9. The predicted octanol–water partition coefficient (Wildman–Crippen LogP) is 2.36. The van der Waals surface area contributed by atoms with Crippen LogP contribution in [0, 0.1) is 11.3 Å². The fourth-order valence-electron chi connectivity index (χ4n) is 4.21. The fraction of sp³-hybridized carbons (Fsp3) is 0.550. The van der Waals surface area contributed by atoms with E-state index in [9.17, 15) is 13.2 Å². The molecule has 0 bridgehead atoms. The van der Waals surface area contributed by atoms with Crippen molar-refractivity contribution < 1.29 is 13.2 Å². The molecule has 0 radical (unpaired) electrons. The monoisotopic (exact) mass is 389 g/mol. The van der Waals surface area contributed by atoms with E-state index in [0.29, 0.717) is 12.8 Å². The van der Waals surface area contributed by atoms with Gasteiger partial charge in [0.25, 0.3) is 0 Å². The van der Waals surface area contributed by atoms with Gasteiger partial charge in [-0.1, -0.05) is 6.07 Å². The van der Waals surface area contributed by atoms with Crippen LogP contribution in [0.3, 0.4) is 0 Å². The zero-order valence-corrected chi connectivity index (χ0v) is 16.8. The van der Waals surface area contributed by atoms with Crippen LogP contribution >= 0.6 is 0 Å². The SMILES string of the molecule is CN(C)CCn1ccc2ccc(NC(=O)C3CC34CCS(=O)(=O)CC4)cc21. The molecule has 1 amide bonds. The highest BCUT2D eigenvalue weighted by atomic mass is 32.2. The Kier molecular flexibility index (Phi) is 4.55. The predicted molar refractivity (Wildman–Crippen MR) is 108 cm³/mol. The molecule has 4 rings (SSSR count). The van der Waals surface area contributed by atoms with Gasteiger partial charge < -0.3 is 14.8 Å². The Hall–Kier alpha value is -1.86. The maximum Gasteiger partial charge on any atom is 0.228 e. The van der Waals surface area contributed by atoms with E-state index in [4.69, 9.17) is 0 Å². The Labute approximate surface area is 160 Å². The van der Waals surface area contributed by atoms with Crippen LogP contribution in [0.2, 0.25) is 0 Å². The van der Waals surface area contributed by atoms with Crippen molar-refractivity contribution >= 4 is 32.3 Å². The van der Waals surface area contributed by atoms with Crippen molar-refractivity contribution in [3.05, 3.63) is 30.5 Å². The first-order chi connectivity index (χ1) is 12.8. The van der Waals surface area contributed by atoms with Crippen LogP contribution in [0.5, 0.6) is 0 Å². The van der Waals surface area contributed by atoms with Gasteiger partial charge in [-0.05, 0) is 62.4 Å². The van der Waals surface area contributed by atoms with E-state index < -0.39 is 9.84 Å². The Morgan fingerprint density at radius 3 is 2.70 bits per heavy atom. The van der Waals surface area contributed by atoms with Crippen LogP contribution in [-0.2, 0) is 21.2 Å². The molecule has 27 heavy (non-hydrogen) atoms. The number of anilines is 1. The first-order valence-corrected chi connectivity index (χ1v) is 11.4. The van der Waals surface area contributed by atoms with Crippen LogP contribution in [0.1, 0.15) is 19.3 Å². The average molecular weight is 390 g/mol. The third kappa shape index (κ3) is 3.75. The zero-order valence-electron chi connectivity index (χ0n) is 15.9. The minimum atomic E-state index is -2.89. The first kappa shape index (κ1) is 18.5.